The van der Waals surface area contributed by atoms with Crippen LogP contribution in [0.25, 0.3) is 0 Å². The fraction of sp³-hybridized carbons (Fsp3) is 0.0667. The normalized spacial score (nSPS) is 10.3. The van der Waals surface area contributed by atoms with Gasteiger partial charge in [-0.1, -0.05) is 12.1 Å². The molecule has 0 bridgehead atoms. The van der Waals surface area contributed by atoms with Crippen LogP contribution in [0.1, 0.15) is 26.3 Å². The molecular weight excluding hydrogens is 270 g/mol. The maximum absolute atomic E-state index is 11.7. The average molecular weight is 283 g/mol. The molecule has 2 rings (SSSR count). The largest absolute Gasteiger partial charge is 0.465 e. The first-order valence-electron chi connectivity index (χ1n) is 6.12. The molecule has 1 aromatic carbocycles. The Morgan fingerprint density at radius 3 is 2.38 bits per heavy atom. The van der Waals surface area contributed by atoms with E-state index < -0.39 is 5.97 Å². The highest BCUT2D eigenvalue weighted by Gasteiger charge is 2.04. The minimum absolute atomic E-state index is 0.320. The molecule has 1 aromatic heterocycles. The van der Waals surface area contributed by atoms with Crippen LogP contribution in [0.3, 0.4) is 0 Å². The van der Waals surface area contributed by atoms with E-state index >= 15 is 0 Å². The summed E-state index contributed by atoms with van der Waals surface area (Å²) in [6, 6.07) is 9.84. The molecule has 0 spiro atoms. The summed E-state index contributed by atoms with van der Waals surface area (Å²) >= 11 is 0. The van der Waals surface area contributed by atoms with Crippen LogP contribution >= 0.6 is 0 Å². The number of benzene rings is 1. The third-order valence-electron chi connectivity index (χ3n) is 2.65. The number of aromatic nitrogens is 1. The number of hydrazone groups is 1. The van der Waals surface area contributed by atoms with E-state index in [1.807, 2.05) is 0 Å². The van der Waals surface area contributed by atoms with Crippen molar-refractivity contribution in [3.05, 3.63) is 65.5 Å². The molecule has 6 nitrogen and oxygen atoms in total. The summed E-state index contributed by atoms with van der Waals surface area (Å²) in [4.78, 5) is 26.8. The third-order valence-corrected chi connectivity index (χ3v) is 2.65. The van der Waals surface area contributed by atoms with Gasteiger partial charge in [0.1, 0.15) is 0 Å². The summed E-state index contributed by atoms with van der Waals surface area (Å²) in [7, 11) is 1.33. The van der Waals surface area contributed by atoms with Crippen LogP contribution < -0.4 is 5.43 Å². The summed E-state index contributed by atoms with van der Waals surface area (Å²) in [6.45, 7) is 0. The van der Waals surface area contributed by atoms with Crippen LogP contribution in [0.5, 0.6) is 0 Å². The third kappa shape index (κ3) is 3.97. The number of carbonyl (C=O) groups is 2. The van der Waals surface area contributed by atoms with Gasteiger partial charge in [0.15, 0.2) is 0 Å². The molecule has 0 aliphatic heterocycles. The van der Waals surface area contributed by atoms with Gasteiger partial charge in [-0.05, 0) is 29.8 Å². The second-order valence-corrected chi connectivity index (χ2v) is 4.05. The van der Waals surface area contributed by atoms with Crippen LogP contribution in [0.15, 0.2) is 53.9 Å². The highest BCUT2D eigenvalue weighted by Crippen LogP contribution is 2.04. The molecule has 106 valence electrons. The first-order chi connectivity index (χ1) is 10.2. The number of esters is 1. The molecule has 2 aromatic rings. The Morgan fingerprint density at radius 2 is 1.76 bits per heavy atom. The van der Waals surface area contributed by atoms with Gasteiger partial charge in [0.05, 0.1) is 18.9 Å². The van der Waals surface area contributed by atoms with E-state index in [0.29, 0.717) is 11.1 Å². The van der Waals surface area contributed by atoms with Crippen molar-refractivity contribution in [2.45, 2.75) is 0 Å². The topological polar surface area (TPSA) is 80.6 Å². The molecule has 0 saturated carbocycles. The van der Waals surface area contributed by atoms with Crippen LogP contribution in [-0.2, 0) is 4.74 Å². The average Bonchev–Trinajstić information content (AvgIpc) is 2.55. The lowest BCUT2D eigenvalue weighted by atomic mass is 10.1. The highest BCUT2D eigenvalue weighted by atomic mass is 16.5. The number of rotatable bonds is 4. The molecule has 6 heteroatoms. The Morgan fingerprint density at radius 1 is 1.10 bits per heavy atom. The number of hydrogen-bond acceptors (Lipinski definition) is 5. The van der Waals surface area contributed by atoms with Crippen molar-refractivity contribution < 1.29 is 14.3 Å². The van der Waals surface area contributed by atoms with Crippen LogP contribution in [0.2, 0.25) is 0 Å². The predicted octanol–water partition coefficient (Wildman–Crippen LogP) is 1.63. The van der Waals surface area contributed by atoms with Gasteiger partial charge in [0, 0.05) is 18.0 Å². The maximum atomic E-state index is 11.7. The van der Waals surface area contributed by atoms with Crippen LogP contribution in [0.4, 0.5) is 0 Å². The Kier molecular flexibility index (Phi) is 4.76. The zero-order chi connectivity index (χ0) is 15.1. The Labute approximate surface area is 121 Å². The number of ether oxygens (including phenoxy) is 1. The number of pyridine rings is 1. The van der Waals surface area contributed by atoms with Gasteiger partial charge in [-0.3, -0.25) is 9.78 Å². The molecule has 21 heavy (non-hydrogen) atoms. The van der Waals surface area contributed by atoms with Gasteiger partial charge in [0.2, 0.25) is 0 Å². The predicted molar refractivity (Wildman–Crippen MR) is 77.1 cm³/mol. The van der Waals surface area contributed by atoms with E-state index in [9.17, 15) is 9.59 Å². The molecule has 1 N–H and O–H groups in total. The number of nitrogens with one attached hydrogen (secondary N) is 1. The van der Waals surface area contributed by atoms with Gasteiger partial charge in [-0.15, -0.1) is 0 Å². The Hall–Kier alpha value is -3.02. The van der Waals surface area contributed by atoms with Gasteiger partial charge in [0.25, 0.3) is 5.91 Å². The highest BCUT2D eigenvalue weighted by molar-refractivity contribution is 5.95. The summed E-state index contributed by atoms with van der Waals surface area (Å²) in [5.41, 5.74) is 4.08. The summed E-state index contributed by atoms with van der Waals surface area (Å²) in [5.74, 6) is -0.718. The zero-order valence-corrected chi connectivity index (χ0v) is 11.3. The number of carbonyl (C=O) groups excluding carboxylic acids is 2. The van der Waals surface area contributed by atoms with Crippen molar-refractivity contribution in [1.29, 1.82) is 0 Å². The monoisotopic (exact) mass is 283 g/mol. The van der Waals surface area contributed by atoms with E-state index in [2.05, 4.69) is 20.2 Å². The van der Waals surface area contributed by atoms with Crippen LogP contribution in [-0.4, -0.2) is 30.2 Å². The minimum atomic E-state index is -0.399. The standard InChI is InChI=1S/C15H13N3O3/c1-21-15(20)13-4-2-11(3-5-13)10-17-18-14(19)12-6-8-16-9-7-12/h2-10H,1H3,(H,18,19)/b17-10+. The van der Waals surface area contributed by atoms with Crippen molar-refractivity contribution >= 4 is 18.1 Å². The molecule has 1 heterocycles. The summed E-state index contributed by atoms with van der Waals surface area (Å²) < 4.78 is 4.60. The first-order valence-corrected chi connectivity index (χ1v) is 6.12. The van der Waals surface area contributed by atoms with E-state index in [4.69, 9.17) is 0 Å². The van der Waals surface area contributed by atoms with Gasteiger partial charge < -0.3 is 4.74 Å². The van der Waals surface area contributed by atoms with Crippen LogP contribution in [0, 0.1) is 0 Å². The molecule has 0 saturated heterocycles. The Bertz CT molecular complexity index is 652. The first kappa shape index (κ1) is 14.4. The molecule has 0 fully saturated rings. The molecule has 0 radical (unpaired) electrons. The minimum Gasteiger partial charge on any atom is -0.465 e. The maximum Gasteiger partial charge on any atom is 0.337 e. The van der Waals surface area contributed by atoms with Gasteiger partial charge in [-0.25, -0.2) is 10.2 Å². The lowest BCUT2D eigenvalue weighted by Gasteiger charge is -2.00. The molecular formula is C15H13N3O3. The van der Waals surface area contributed by atoms with Crippen molar-refractivity contribution in [2.24, 2.45) is 5.10 Å². The molecule has 0 atom stereocenters. The van der Waals surface area contributed by atoms with E-state index in [0.717, 1.165) is 5.56 Å². The molecule has 1 amide bonds. The summed E-state index contributed by atoms with van der Waals surface area (Å²) in [5, 5.41) is 3.85. The molecule has 0 aliphatic rings. The van der Waals surface area contributed by atoms with E-state index in [1.54, 1.807) is 36.4 Å². The lowest BCUT2D eigenvalue weighted by Crippen LogP contribution is -2.17. The number of amides is 1. The quantitative estimate of drug-likeness (QED) is 0.525. The SMILES string of the molecule is COC(=O)c1ccc(/C=N/NC(=O)c2ccncc2)cc1. The number of methoxy groups -OCH3 is 1. The van der Waals surface area contributed by atoms with Crippen molar-refractivity contribution in [3.63, 3.8) is 0 Å². The fourth-order valence-electron chi connectivity index (χ4n) is 1.56. The lowest BCUT2D eigenvalue weighted by molar-refractivity contribution is 0.0600. The van der Waals surface area contributed by atoms with Gasteiger partial charge in [-0.2, -0.15) is 5.10 Å². The zero-order valence-electron chi connectivity index (χ0n) is 11.3. The van der Waals surface area contributed by atoms with Crippen molar-refractivity contribution in [3.8, 4) is 0 Å². The smallest absolute Gasteiger partial charge is 0.337 e. The van der Waals surface area contributed by atoms with Crippen molar-refractivity contribution in [1.82, 2.24) is 10.4 Å². The second-order valence-electron chi connectivity index (χ2n) is 4.05. The summed E-state index contributed by atoms with van der Waals surface area (Å²) in [6.07, 6.45) is 4.55. The number of nitrogens with zero attached hydrogens (tertiary/aromatic N) is 2. The van der Waals surface area contributed by atoms with E-state index in [1.165, 1.54) is 25.7 Å². The second kappa shape index (κ2) is 6.95. The molecule has 0 aliphatic carbocycles. The van der Waals surface area contributed by atoms with Crippen molar-refractivity contribution in [2.75, 3.05) is 7.11 Å². The van der Waals surface area contributed by atoms with E-state index in [-0.39, 0.29) is 5.91 Å². The fourth-order valence-corrected chi connectivity index (χ4v) is 1.56. The molecule has 0 unspecified atom stereocenters. The number of hydrogen-bond donors (Lipinski definition) is 1. The van der Waals surface area contributed by atoms with Gasteiger partial charge >= 0.3 is 5.97 Å². The Balaban J connectivity index is 1.95.